The second-order valence-electron chi connectivity index (χ2n) is 5.16. The van der Waals surface area contributed by atoms with Gasteiger partial charge in [0.15, 0.2) is 0 Å². The number of hydrogen-bond donors (Lipinski definition) is 1. The molecule has 0 bridgehead atoms. The van der Waals surface area contributed by atoms with Crippen LogP contribution >= 0.6 is 0 Å². The van der Waals surface area contributed by atoms with Gasteiger partial charge in [0.05, 0.1) is 23.0 Å². The highest BCUT2D eigenvalue weighted by Gasteiger charge is 2.12. The monoisotopic (exact) mass is 332 g/mol. The number of halogens is 1. The van der Waals surface area contributed by atoms with Gasteiger partial charge in [-0.1, -0.05) is 11.8 Å². The van der Waals surface area contributed by atoms with Gasteiger partial charge >= 0.3 is 0 Å². The first-order valence-electron chi connectivity index (χ1n) is 7.43. The maximum Gasteiger partial charge on any atom is 0.258 e. The molecule has 0 radical (unpaired) electrons. The van der Waals surface area contributed by atoms with Gasteiger partial charge in [-0.2, -0.15) is 0 Å². The molecule has 2 heterocycles. The molecule has 0 spiro atoms. The molecule has 1 amide bonds. The van der Waals surface area contributed by atoms with Crippen molar-refractivity contribution < 1.29 is 9.18 Å². The van der Waals surface area contributed by atoms with Gasteiger partial charge < -0.3 is 5.32 Å². The van der Waals surface area contributed by atoms with E-state index in [9.17, 15) is 9.18 Å². The van der Waals surface area contributed by atoms with Crippen molar-refractivity contribution in [2.45, 2.75) is 6.92 Å². The largest absolute Gasteiger partial charge is 0.320 e. The molecule has 6 heteroatoms. The Kier molecular flexibility index (Phi) is 4.77. The number of amides is 1. The summed E-state index contributed by atoms with van der Waals surface area (Å²) in [5.74, 6) is 5.23. The molecule has 0 fully saturated rings. The van der Waals surface area contributed by atoms with Crippen molar-refractivity contribution in [2.24, 2.45) is 0 Å². The highest BCUT2D eigenvalue weighted by molar-refractivity contribution is 6.04. The van der Waals surface area contributed by atoms with Gasteiger partial charge in [0.2, 0.25) is 0 Å². The first-order chi connectivity index (χ1) is 12.1. The Morgan fingerprint density at radius 2 is 1.84 bits per heavy atom. The molecule has 3 rings (SSSR count). The number of carbonyl (C=O) groups excluding carboxylic acids is 1. The van der Waals surface area contributed by atoms with Crippen LogP contribution in [0.4, 0.5) is 10.1 Å². The number of carbonyl (C=O) groups is 1. The number of rotatable bonds is 2. The van der Waals surface area contributed by atoms with Crippen LogP contribution in [0.3, 0.4) is 0 Å². The van der Waals surface area contributed by atoms with Gasteiger partial charge in [0.1, 0.15) is 11.6 Å². The number of nitrogens with one attached hydrogen (secondary N) is 1. The van der Waals surface area contributed by atoms with E-state index in [1.54, 1.807) is 37.6 Å². The van der Waals surface area contributed by atoms with Crippen molar-refractivity contribution >= 4 is 11.6 Å². The molecule has 1 N–H and O–H groups in total. The van der Waals surface area contributed by atoms with E-state index in [4.69, 9.17) is 0 Å². The summed E-state index contributed by atoms with van der Waals surface area (Å²) in [5.41, 5.74) is 1.55. The van der Waals surface area contributed by atoms with Crippen molar-refractivity contribution in [1.82, 2.24) is 15.0 Å². The number of aryl methyl sites for hydroxylation is 1. The van der Waals surface area contributed by atoms with Gasteiger partial charge in [-0.15, -0.1) is 0 Å². The van der Waals surface area contributed by atoms with Gasteiger partial charge in [-0.05, 0) is 37.3 Å². The fourth-order valence-corrected chi connectivity index (χ4v) is 2.01. The Labute approximate surface area is 144 Å². The van der Waals surface area contributed by atoms with Crippen LogP contribution < -0.4 is 5.32 Å². The van der Waals surface area contributed by atoms with Crippen molar-refractivity contribution in [1.29, 1.82) is 0 Å². The third kappa shape index (κ3) is 4.24. The van der Waals surface area contributed by atoms with E-state index in [1.165, 1.54) is 24.4 Å². The molecule has 0 saturated carbocycles. The van der Waals surface area contributed by atoms with E-state index < -0.39 is 11.7 Å². The van der Waals surface area contributed by atoms with Crippen molar-refractivity contribution in [3.63, 3.8) is 0 Å². The van der Waals surface area contributed by atoms with Crippen LogP contribution in [0.25, 0.3) is 0 Å². The molecule has 0 aliphatic rings. The van der Waals surface area contributed by atoms with E-state index in [0.717, 1.165) is 0 Å². The minimum atomic E-state index is -0.620. The number of pyridine rings is 1. The molecule has 0 aliphatic carbocycles. The average Bonchev–Trinajstić information content (AvgIpc) is 2.63. The van der Waals surface area contributed by atoms with Crippen LogP contribution in [0.2, 0.25) is 0 Å². The predicted molar refractivity (Wildman–Crippen MR) is 91.3 cm³/mol. The van der Waals surface area contributed by atoms with Crippen LogP contribution in [0.1, 0.15) is 27.3 Å². The van der Waals surface area contributed by atoms with Crippen LogP contribution in [-0.2, 0) is 0 Å². The first kappa shape index (κ1) is 16.3. The lowest BCUT2D eigenvalue weighted by atomic mass is 10.1. The van der Waals surface area contributed by atoms with Crippen molar-refractivity contribution in [3.8, 4) is 11.8 Å². The highest BCUT2D eigenvalue weighted by atomic mass is 19.1. The SMILES string of the molecule is Cc1ncc(C#Cc2ccc(F)c(C(=O)Nc3cccnc3)c2)cn1. The summed E-state index contributed by atoms with van der Waals surface area (Å²) < 4.78 is 14.0. The number of hydrogen-bond acceptors (Lipinski definition) is 4. The second kappa shape index (κ2) is 7.32. The number of nitrogens with zero attached hydrogens (tertiary/aromatic N) is 3. The van der Waals surface area contributed by atoms with Crippen molar-refractivity contribution in [2.75, 3.05) is 5.32 Å². The smallest absolute Gasteiger partial charge is 0.258 e. The lowest BCUT2D eigenvalue weighted by Gasteiger charge is -2.06. The summed E-state index contributed by atoms with van der Waals surface area (Å²) in [6.07, 6.45) is 6.28. The zero-order valence-electron chi connectivity index (χ0n) is 13.3. The zero-order chi connectivity index (χ0) is 17.6. The zero-order valence-corrected chi connectivity index (χ0v) is 13.3. The second-order valence-corrected chi connectivity index (χ2v) is 5.16. The molecule has 122 valence electrons. The average molecular weight is 332 g/mol. The minimum absolute atomic E-state index is 0.0872. The van der Waals surface area contributed by atoms with E-state index in [2.05, 4.69) is 32.1 Å². The normalized spacial score (nSPS) is 9.84. The fourth-order valence-electron chi connectivity index (χ4n) is 2.01. The standard InChI is InChI=1S/C19H13FN4O/c1-13-22-10-15(11-23-13)5-4-14-6-7-18(20)17(9-14)19(25)24-16-3-2-8-21-12-16/h2-3,6-12H,1H3,(H,24,25). The molecule has 2 aromatic heterocycles. The molecule has 25 heavy (non-hydrogen) atoms. The third-order valence-corrected chi connectivity index (χ3v) is 3.26. The molecule has 3 aromatic rings. The molecule has 5 nitrogen and oxygen atoms in total. The van der Waals surface area contributed by atoms with Gasteiger partial charge in [0, 0.05) is 24.2 Å². The molecule has 1 aromatic carbocycles. The first-order valence-corrected chi connectivity index (χ1v) is 7.43. The van der Waals surface area contributed by atoms with Crippen LogP contribution in [-0.4, -0.2) is 20.9 Å². The summed E-state index contributed by atoms with van der Waals surface area (Å²) >= 11 is 0. The van der Waals surface area contributed by atoms with E-state index >= 15 is 0 Å². The summed E-state index contributed by atoms with van der Waals surface area (Å²) in [7, 11) is 0. The molecule has 0 aliphatic heterocycles. The molecule has 0 saturated heterocycles. The molecular formula is C19H13FN4O. The number of benzene rings is 1. The Hall–Kier alpha value is -3.59. The summed E-state index contributed by atoms with van der Waals surface area (Å²) in [5, 5.41) is 2.60. The van der Waals surface area contributed by atoms with Gasteiger partial charge in [-0.3, -0.25) is 9.78 Å². The Bertz CT molecular complexity index is 960. The van der Waals surface area contributed by atoms with Crippen LogP contribution in [0, 0.1) is 24.6 Å². The quantitative estimate of drug-likeness (QED) is 0.733. The number of anilines is 1. The topological polar surface area (TPSA) is 67.8 Å². The maximum absolute atomic E-state index is 14.0. The molecular weight excluding hydrogens is 319 g/mol. The highest BCUT2D eigenvalue weighted by Crippen LogP contribution is 2.13. The van der Waals surface area contributed by atoms with Crippen LogP contribution in [0.15, 0.2) is 55.1 Å². The van der Waals surface area contributed by atoms with E-state index in [0.29, 0.717) is 22.6 Å². The fraction of sp³-hybridized carbons (Fsp3) is 0.0526. The number of aromatic nitrogens is 3. The summed E-state index contributed by atoms with van der Waals surface area (Å²) in [4.78, 5) is 24.3. The lowest BCUT2D eigenvalue weighted by molar-refractivity contribution is 0.102. The minimum Gasteiger partial charge on any atom is -0.320 e. The Morgan fingerprint density at radius 1 is 1.08 bits per heavy atom. The predicted octanol–water partition coefficient (Wildman–Crippen LogP) is 2.97. The van der Waals surface area contributed by atoms with Crippen LogP contribution in [0.5, 0.6) is 0 Å². The maximum atomic E-state index is 14.0. The summed E-state index contributed by atoms with van der Waals surface area (Å²) in [6.45, 7) is 1.78. The van der Waals surface area contributed by atoms with Gasteiger partial charge in [0.25, 0.3) is 5.91 Å². The van der Waals surface area contributed by atoms with E-state index in [-0.39, 0.29) is 5.56 Å². The summed E-state index contributed by atoms with van der Waals surface area (Å²) in [6, 6.07) is 7.48. The van der Waals surface area contributed by atoms with Crippen molar-refractivity contribution in [3.05, 3.63) is 83.5 Å². The molecule has 0 atom stereocenters. The van der Waals surface area contributed by atoms with Gasteiger partial charge in [-0.25, -0.2) is 14.4 Å². The Balaban J connectivity index is 1.83. The lowest BCUT2D eigenvalue weighted by Crippen LogP contribution is -2.14. The van der Waals surface area contributed by atoms with E-state index in [1.807, 2.05) is 0 Å². The third-order valence-electron chi connectivity index (χ3n) is 3.26. The molecule has 0 unspecified atom stereocenters. The Morgan fingerprint density at radius 3 is 2.56 bits per heavy atom.